The van der Waals surface area contributed by atoms with Crippen LogP contribution in [0.25, 0.3) is 11.2 Å². The standard InChI is InChI=1S/C17H21N7/c1-13-18-16(23-10-8-22(2)9-11-23)15-17(19-13)24(21-20-15)12-14-6-4-3-5-7-14/h3-7H,8-12H2,1-2H3/p+1. The van der Waals surface area contributed by atoms with Crippen LogP contribution in [0.2, 0.25) is 0 Å². The van der Waals surface area contributed by atoms with Crippen molar-refractivity contribution in [2.24, 2.45) is 0 Å². The first-order chi connectivity index (χ1) is 11.7. The molecule has 0 bridgehead atoms. The summed E-state index contributed by atoms with van der Waals surface area (Å²) in [5, 5.41) is 8.72. The van der Waals surface area contributed by atoms with Gasteiger partial charge in [0.05, 0.1) is 39.8 Å². The van der Waals surface area contributed by atoms with Crippen LogP contribution < -0.4 is 9.80 Å². The normalized spacial score (nSPS) is 16.0. The van der Waals surface area contributed by atoms with Gasteiger partial charge in [-0.2, -0.15) is 0 Å². The Balaban J connectivity index is 1.71. The van der Waals surface area contributed by atoms with Crippen LogP contribution >= 0.6 is 0 Å². The minimum absolute atomic E-state index is 0.667. The third kappa shape index (κ3) is 2.82. The van der Waals surface area contributed by atoms with Gasteiger partial charge in [-0.1, -0.05) is 35.5 Å². The summed E-state index contributed by atoms with van der Waals surface area (Å²) in [7, 11) is 2.23. The second-order valence-electron chi connectivity index (χ2n) is 6.44. The van der Waals surface area contributed by atoms with Gasteiger partial charge in [0.1, 0.15) is 5.82 Å². The fourth-order valence-electron chi connectivity index (χ4n) is 3.13. The zero-order valence-electron chi connectivity index (χ0n) is 14.1. The second-order valence-corrected chi connectivity index (χ2v) is 6.44. The summed E-state index contributed by atoms with van der Waals surface area (Å²) in [5.74, 6) is 1.68. The molecule has 0 radical (unpaired) electrons. The maximum Gasteiger partial charge on any atom is 0.184 e. The molecule has 1 N–H and O–H groups in total. The van der Waals surface area contributed by atoms with Gasteiger partial charge in [-0.05, 0) is 12.5 Å². The molecule has 124 valence electrons. The van der Waals surface area contributed by atoms with Crippen molar-refractivity contribution >= 4 is 17.0 Å². The number of hydrogen-bond donors (Lipinski definition) is 1. The number of hydrogen-bond acceptors (Lipinski definition) is 5. The highest BCUT2D eigenvalue weighted by molar-refractivity contribution is 5.83. The van der Waals surface area contributed by atoms with Gasteiger partial charge >= 0.3 is 0 Å². The van der Waals surface area contributed by atoms with Crippen LogP contribution in [0, 0.1) is 6.92 Å². The molecule has 4 rings (SSSR count). The number of fused-ring (bicyclic) bond motifs is 1. The molecule has 0 aliphatic carbocycles. The van der Waals surface area contributed by atoms with Gasteiger partial charge in [-0.15, -0.1) is 5.10 Å². The smallest absolute Gasteiger partial charge is 0.184 e. The molecule has 0 amide bonds. The molecule has 1 saturated heterocycles. The molecule has 3 heterocycles. The highest BCUT2D eigenvalue weighted by Gasteiger charge is 2.23. The number of quaternary nitrogens is 1. The van der Waals surface area contributed by atoms with Crippen molar-refractivity contribution in [3.63, 3.8) is 0 Å². The predicted molar refractivity (Wildman–Crippen MR) is 92.2 cm³/mol. The molecule has 1 fully saturated rings. The molecule has 1 aromatic carbocycles. The van der Waals surface area contributed by atoms with E-state index in [4.69, 9.17) is 0 Å². The Kier molecular flexibility index (Phi) is 3.86. The minimum atomic E-state index is 0.667. The van der Waals surface area contributed by atoms with Crippen LogP contribution in [0.3, 0.4) is 0 Å². The molecule has 0 unspecified atom stereocenters. The van der Waals surface area contributed by atoms with E-state index in [1.807, 2.05) is 29.8 Å². The average molecular weight is 324 g/mol. The Morgan fingerprint density at radius 1 is 1.08 bits per heavy atom. The number of anilines is 1. The molecule has 2 aromatic heterocycles. The Labute approximate surface area is 140 Å². The van der Waals surface area contributed by atoms with E-state index in [-0.39, 0.29) is 0 Å². The van der Waals surface area contributed by atoms with E-state index in [2.05, 4.69) is 44.4 Å². The zero-order valence-corrected chi connectivity index (χ0v) is 14.1. The zero-order chi connectivity index (χ0) is 16.5. The van der Waals surface area contributed by atoms with Gasteiger partial charge in [0.25, 0.3) is 0 Å². The van der Waals surface area contributed by atoms with E-state index in [1.165, 1.54) is 5.56 Å². The summed E-state index contributed by atoms with van der Waals surface area (Å²) in [6.45, 7) is 6.81. The lowest BCUT2D eigenvalue weighted by Crippen LogP contribution is -3.12. The first-order valence-electron chi connectivity index (χ1n) is 8.39. The lowest BCUT2D eigenvalue weighted by atomic mass is 10.2. The molecule has 1 aliphatic heterocycles. The van der Waals surface area contributed by atoms with Crippen LogP contribution in [-0.4, -0.2) is 58.2 Å². The molecule has 1 aliphatic rings. The molecule has 0 saturated carbocycles. The van der Waals surface area contributed by atoms with Gasteiger partial charge in [0.2, 0.25) is 0 Å². The Bertz CT molecular complexity index is 835. The molecule has 0 atom stereocenters. The number of likely N-dealkylation sites (N-methyl/N-ethyl adjacent to an activating group) is 1. The number of aromatic nitrogens is 5. The first-order valence-corrected chi connectivity index (χ1v) is 8.39. The van der Waals surface area contributed by atoms with Gasteiger partial charge in [0, 0.05) is 0 Å². The maximum absolute atomic E-state index is 4.66. The minimum Gasteiger partial charge on any atom is -0.343 e. The third-order valence-corrected chi connectivity index (χ3v) is 4.55. The summed E-state index contributed by atoms with van der Waals surface area (Å²) in [5.41, 5.74) is 2.80. The van der Waals surface area contributed by atoms with Crippen LogP contribution in [0.1, 0.15) is 11.4 Å². The fraction of sp³-hybridized carbons (Fsp3) is 0.412. The third-order valence-electron chi connectivity index (χ3n) is 4.55. The van der Waals surface area contributed by atoms with Crippen LogP contribution in [-0.2, 0) is 6.54 Å². The SMILES string of the molecule is Cc1nc(N2CC[NH+](C)CC2)c2nnn(Cc3ccccc3)c2n1. The van der Waals surface area contributed by atoms with Gasteiger partial charge in [-0.3, -0.25) is 0 Å². The summed E-state index contributed by atoms with van der Waals surface area (Å²) < 4.78 is 1.87. The average Bonchev–Trinajstić information content (AvgIpc) is 2.99. The van der Waals surface area contributed by atoms with Crippen molar-refractivity contribution in [1.29, 1.82) is 0 Å². The van der Waals surface area contributed by atoms with Gasteiger partial charge < -0.3 is 9.80 Å². The Hall–Kier alpha value is -2.54. The largest absolute Gasteiger partial charge is 0.343 e. The van der Waals surface area contributed by atoms with E-state index in [0.29, 0.717) is 6.54 Å². The molecule has 24 heavy (non-hydrogen) atoms. The lowest BCUT2D eigenvalue weighted by Gasteiger charge is -2.30. The lowest BCUT2D eigenvalue weighted by molar-refractivity contribution is -0.880. The van der Waals surface area contributed by atoms with Crippen molar-refractivity contribution in [2.75, 3.05) is 38.1 Å². The highest BCUT2D eigenvalue weighted by atomic mass is 15.5. The van der Waals surface area contributed by atoms with E-state index < -0.39 is 0 Å². The molecule has 3 aromatic rings. The summed E-state index contributed by atoms with van der Waals surface area (Å²) in [6, 6.07) is 10.3. The highest BCUT2D eigenvalue weighted by Crippen LogP contribution is 2.22. The monoisotopic (exact) mass is 324 g/mol. The number of benzene rings is 1. The number of piperazine rings is 1. The van der Waals surface area contributed by atoms with E-state index in [0.717, 1.165) is 49.0 Å². The van der Waals surface area contributed by atoms with Crippen LogP contribution in [0.5, 0.6) is 0 Å². The van der Waals surface area contributed by atoms with Crippen molar-refractivity contribution in [2.45, 2.75) is 13.5 Å². The van der Waals surface area contributed by atoms with E-state index in [9.17, 15) is 0 Å². The van der Waals surface area contributed by atoms with Crippen LogP contribution in [0.15, 0.2) is 30.3 Å². The summed E-state index contributed by atoms with van der Waals surface area (Å²) >= 11 is 0. The molecular weight excluding hydrogens is 302 g/mol. The number of nitrogens with zero attached hydrogens (tertiary/aromatic N) is 6. The number of nitrogens with one attached hydrogen (secondary N) is 1. The fourth-order valence-corrected chi connectivity index (χ4v) is 3.13. The second kappa shape index (κ2) is 6.16. The maximum atomic E-state index is 4.66. The van der Waals surface area contributed by atoms with Crippen molar-refractivity contribution in [3.05, 3.63) is 41.7 Å². The predicted octanol–water partition coefficient (Wildman–Crippen LogP) is -0.0873. The van der Waals surface area contributed by atoms with E-state index >= 15 is 0 Å². The Morgan fingerprint density at radius 2 is 1.83 bits per heavy atom. The summed E-state index contributed by atoms with van der Waals surface area (Å²) in [6.07, 6.45) is 0. The van der Waals surface area contributed by atoms with Crippen molar-refractivity contribution < 1.29 is 4.90 Å². The summed E-state index contributed by atoms with van der Waals surface area (Å²) in [4.78, 5) is 13.1. The van der Waals surface area contributed by atoms with Gasteiger partial charge in [0.15, 0.2) is 17.0 Å². The van der Waals surface area contributed by atoms with Gasteiger partial charge in [-0.25, -0.2) is 14.6 Å². The molecular formula is C17H22N7+. The quantitative estimate of drug-likeness (QED) is 0.730. The van der Waals surface area contributed by atoms with Crippen LogP contribution in [0.4, 0.5) is 5.82 Å². The van der Waals surface area contributed by atoms with Crippen molar-refractivity contribution in [3.8, 4) is 0 Å². The number of aryl methyl sites for hydroxylation is 1. The van der Waals surface area contributed by atoms with E-state index in [1.54, 1.807) is 4.90 Å². The molecule has 7 heteroatoms. The Morgan fingerprint density at radius 3 is 2.58 bits per heavy atom. The number of rotatable bonds is 3. The molecule has 7 nitrogen and oxygen atoms in total. The van der Waals surface area contributed by atoms with Crippen molar-refractivity contribution in [1.82, 2.24) is 25.0 Å². The topological polar surface area (TPSA) is 64.2 Å². The first kappa shape index (κ1) is 15.0. The molecule has 0 spiro atoms.